The summed E-state index contributed by atoms with van der Waals surface area (Å²) in [5, 5.41) is 0. The van der Waals surface area contributed by atoms with Gasteiger partial charge in [-0.3, -0.25) is 14.5 Å². The van der Waals surface area contributed by atoms with Crippen LogP contribution in [0.4, 0.5) is 15.8 Å². The summed E-state index contributed by atoms with van der Waals surface area (Å²) < 4.78 is 41.0. The lowest BCUT2D eigenvalue weighted by molar-refractivity contribution is -0.123. The highest BCUT2D eigenvalue weighted by molar-refractivity contribution is 7.94. The molecule has 1 atom stereocenters. The number of amides is 2. The lowest BCUT2D eigenvalue weighted by Crippen LogP contribution is -2.54. The van der Waals surface area contributed by atoms with Crippen LogP contribution in [-0.2, 0) is 30.8 Å². The third-order valence-electron chi connectivity index (χ3n) is 6.08. The first-order chi connectivity index (χ1) is 15.3. The van der Waals surface area contributed by atoms with Crippen LogP contribution in [0, 0.1) is 12.7 Å². The highest BCUT2D eigenvalue weighted by Gasteiger charge is 2.69. The van der Waals surface area contributed by atoms with E-state index in [1.807, 2.05) is 31.2 Å². The van der Waals surface area contributed by atoms with Crippen molar-refractivity contribution in [1.29, 1.82) is 0 Å². The number of nitrogens with zero attached hydrogens (tertiary/aromatic N) is 2. The molecule has 0 unspecified atom stereocenters. The molecular formula is C24H19FN2O4S. The van der Waals surface area contributed by atoms with Crippen molar-refractivity contribution in [2.24, 2.45) is 0 Å². The summed E-state index contributed by atoms with van der Waals surface area (Å²) in [4.78, 5) is 27.1. The van der Waals surface area contributed by atoms with Gasteiger partial charge in [0.25, 0.3) is 10.8 Å². The summed E-state index contributed by atoms with van der Waals surface area (Å²) in [6.45, 7) is 2.05. The van der Waals surface area contributed by atoms with Gasteiger partial charge in [-0.1, -0.05) is 48.5 Å². The van der Waals surface area contributed by atoms with Crippen molar-refractivity contribution in [3.05, 3.63) is 95.3 Å². The van der Waals surface area contributed by atoms with Crippen molar-refractivity contribution in [1.82, 2.24) is 0 Å². The maximum atomic E-state index is 14.0. The standard InChI is InChI=1S/C24H19FN2O4S/c1-16-7-2-3-8-17(16)14-26-21-12-5-4-11-20(21)24(23(26)29)27(22(28)15-32(24,30)31)19-10-6-9-18(25)13-19/h2-13H,14-15H2,1H3/t24-/m0/s1. The molecule has 162 valence electrons. The summed E-state index contributed by atoms with van der Waals surface area (Å²) >= 11 is 0. The van der Waals surface area contributed by atoms with Gasteiger partial charge in [0.15, 0.2) is 9.84 Å². The van der Waals surface area contributed by atoms with Crippen LogP contribution in [0.1, 0.15) is 16.7 Å². The average Bonchev–Trinajstić information content (AvgIpc) is 3.12. The Bertz CT molecular complexity index is 1390. The van der Waals surface area contributed by atoms with Crippen molar-refractivity contribution >= 4 is 33.0 Å². The highest BCUT2D eigenvalue weighted by atomic mass is 32.2. The summed E-state index contributed by atoms with van der Waals surface area (Å²) in [6.07, 6.45) is 0. The van der Waals surface area contributed by atoms with E-state index in [0.717, 1.165) is 22.1 Å². The van der Waals surface area contributed by atoms with Crippen LogP contribution in [0.5, 0.6) is 0 Å². The second-order valence-electron chi connectivity index (χ2n) is 7.95. The van der Waals surface area contributed by atoms with Crippen molar-refractivity contribution in [2.75, 3.05) is 15.6 Å². The molecule has 2 aliphatic rings. The van der Waals surface area contributed by atoms with Gasteiger partial charge in [-0.25, -0.2) is 12.8 Å². The third-order valence-corrected chi connectivity index (χ3v) is 8.18. The van der Waals surface area contributed by atoms with Crippen LogP contribution in [0.3, 0.4) is 0 Å². The number of para-hydroxylation sites is 1. The van der Waals surface area contributed by atoms with Gasteiger partial charge in [0.05, 0.1) is 12.2 Å². The number of hydrogen-bond donors (Lipinski definition) is 0. The SMILES string of the molecule is Cc1ccccc1CN1C(=O)[C@@]2(c3ccccc31)N(c1cccc(F)c1)C(=O)CS2(=O)=O. The molecule has 0 saturated carbocycles. The van der Waals surface area contributed by atoms with Crippen molar-refractivity contribution in [3.8, 4) is 0 Å². The van der Waals surface area contributed by atoms with Crippen LogP contribution in [0.2, 0.25) is 0 Å². The Kier molecular flexibility index (Phi) is 4.46. The fourth-order valence-electron chi connectivity index (χ4n) is 4.62. The van der Waals surface area contributed by atoms with E-state index >= 15 is 0 Å². The first-order valence-corrected chi connectivity index (χ1v) is 11.7. The minimum Gasteiger partial charge on any atom is -0.304 e. The first kappa shape index (κ1) is 20.4. The molecule has 6 nitrogen and oxygen atoms in total. The first-order valence-electron chi connectivity index (χ1n) is 10.0. The maximum Gasteiger partial charge on any atom is 0.274 e. The number of benzene rings is 3. The molecule has 1 spiro atoms. The van der Waals surface area contributed by atoms with E-state index < -0.39 is 38.1 Å². The van der Waals surface area contributed by atoms with Crippen molar-refractivity contribution < 1.29 is 22.4 Å². The quantitative estimate of drug-likeness (QED) is 0.614. The zero-order valence-corrected chi connectivity index (χ0v) is 18.0. The number of fused-ring (bicyclic) bond motifs is 2. The Morgan fingerprint density at radius 2 is 1.69 bits per heavy atom. The number of halogens is 1. The monoisotopic (exact) mass is 450 g/mol. The van der Waals surface area contributed by atoms with E-state index in [1.165, 1.54) is 23.1 Å². The highest BCUT2D eigenvalue weighted by Crippen LogP contribution is 2.52. The van der Waals surface area contributed by atoms with Crippen LogP contribution in [0.15, 0.2) is 72.8 Å². The molecule has 5 rings (SSSR count). The Morgan fingerprint density at radius 3 is 2.44 bits per heavy atom. The van der Waals surface area contributed by atoms with Crippen LogP contribution >= 0.6 is 0 Å². The molecule has 0 aromatic heterocycles. The van der Waals surface area contributed by atoms with Gasteiger partial charge in [0, 0.05) is 11.3 Å². The molecule has 0 N–H and O–H groups in total. The molecule has 3 aromatic rings. The molecule has 2 aliphatic heterocycles. The Hall–Kier alpha value is -3.52. The Balaban J connectivity index is 1.76. The lowest BCUT2D eigenvalue weighted by atomic mass is 10.0. The molecule has 2 amide bonds. The van der Waals surface area contributed by atoms with E-state index in [4.69, 9.17) is 0 Å². The van der Waals surface area contributed by atoms with Crippen LogP contribution < -0.4 is 9.80 Å². The van der Waals surface area contributed by atoms with Gasteiger partial charge in [-0.2, -0.15) is 0 Å². The molecular weight excluding hydrogens is 431 g/mol. The van der Waals surface area contributed by atoms with Gasteiger partial charge >= 0.3 is 0 Å². The molecule has 0 bridgehead atoms. The topological polar surface area (TPSA) is 74.8 Å². The second kappa shape index (κ2) is 7.00. The van der Waals surface area contributed by atoms with Gasteiger partial charge < -0.3 is 4.90 Å². The second-order valence-corrected chi connectivity index (χ2v) is 10.1. The predicted molar refractivity (Wildman–Crippen MR) is 118 cm³/mol. The smallest absolute Gasteiger partial charge is 0.274 e. The average molecular weight is 450 g/mol. The molecule has 8 heteroatoms. The van der Waals surface area contributed by atoms with Crippen LogP contribution in [-0.4, -0.2) is 26.0 Å². The molecule has 1 saturated heterocycles. The van der Waals surface area contributed by atoms with Gasteiger partial charge in [0.1, 0.15) is 11.6 Å². The number of rotatable bonds is 3. The van der Waals surface area contributed by atoms with Crippen molar-refractivity contribution in [3.63, 3.8) is 0 Å². The summed E-state index contributed by atoms with van der Waals surface area (Å²) in [7, 11) is -4.28. The number of carbonyl (C=O) groups excluding carboxylic acids is 2. The lowest BCUT2D eigenvalue weighted by Gasteiger charge is -2.32. The van der Waals surface area contributed by atoms with Gasteiger partial charge in [-0.05, 0) is 42.3 Å². The molecule has 32 heavy (non-hydrogen) atoms. The number of anilines is 2. The number of carbonyl (C=O) groups is 2. The molecule has 1 fully saturated rings. The molecule has 0 aliphatic carbocycles. The number of aryl methyl sites for hydroxylation is 1. The zero-order chi connectivity index (χ0) is 22.7. The van der Waals surface area contributed by atoms with E-state index in [-0.39, 0.29) is 17.8 Å². The largest absolute Gasteiger partial charge is 0.304 e. The third kappa shape index (κ3) is 2.65. The predicted octanol–water partition coefficient (Wildman–Crippen LogP) is 3.30. The summed E-state index contributed by atoms with van der Waals surface area (Å²) in [6, 6.07) is 19.2. The normalized spacial score (nSPS) is 21.4. The minimum absolute atomic E-state index is 0.0250. The fraction of sp³-hybridized carbons (Fsp3) is 0.167. The van der Waals surface area contributed by atoms with E-state index in [1.54, 1.807) is 24.3 Å². The summed E-state index contributed by atoms with van der Waals surface area (Å²) in [5.74, 6) is -2.97. The Morgan fingerprint density at radius 1 is 0.969 bits per heavy atom. The molecule has 0 radical (unpaired) electrons. The Labute approximate surface area is 184 Å². The van der Waals surface area contributed by atoms with Gasteiger partial charge in [-0.15, -0.1) is 0 Å². The van der Waals surface area contributed by atoms with Crippen LogP contribution in [0.25, 0.3) is 0 Å². The molecule has 3 aromatic carbocycles. The minimum atomic E-state index is -4.28. The number of hydrogen-bond acceptors (Lipinski definition) is 4. The summed E-state index contributed by atoms with van der Waals surface area (Å²) in [5.41, 5.74) is 2.45. The fourth-order valence-corrected chi connectivity index (χ4v) is 6.65. The van der Waals surface area contributed by atoms with Gasteiger partial charge in [0.2, 0.25) is 5.91 Å². The van der Waals surface area contributed by atoms with E-state index in [2.05, 4.69) is 0 Å². The van der Waals surface area contributed by atoms with E-state index in [9.17, 15) is 22.4 Å². The number of sulfone groups is 1. The van der Waals surface area contributed by atoms with Crippen molar-refractivity contribution in [2.45, 2.75) is 18.3 Å². The maximum absolute atomic E-state index is 14.0. The van der Waals surface area contributed by atoms with E-state index in [0.29, 0.717) is 5.69 Å². The zero-order valence-electron chi connectivity index (χ0n) is 17.2. The molecule has 2 heterocycles.